The molecule has 1 aromatic heterocycles. The Kier molecular flexibility index (Phi) is 3.47. The molecule has 0 atom stereocenters. The van der Waals surface area contributed by atoms with Gasteiger partial charge in [0.1, 0.15) is 17.8 Å². The number of hydrogen-bond donors (Lipinski definition) is 2. The number of nitrogens with zero attached hydrogens (tertiary/aromatic N) is 2. The van der Waals surface area contributed by atoms with Gasteiger partial charge < -0.3 is 20.1 Å². The predicted molar refractivity (Wildman–Crippen MR) is 65.6 cm³/mol. The highest BCUT2D eigenvalue weighted by atomic mass is 16.5. The van der Waals surface area contributed by atoms with Crippen molar-refractivity contribution in [1.29, 1.82) is 0 Å². The molecule has 0 fully saturated rings. The average Bonchev–Trinajstić information content (AvgIpc) is 2.87. The van der Waals surface area contributed by atoms with Crippen molar-refractivity contribution in [1.82, 2.24) is 4.98 Å². The van der Waals surface area contributed by atoms with Crippen LogP contribution >= 0.6 is 0 Å². The van der Waals surface area contributed by atoms with Gasteiger partial charge in [-0.15, -0.1) is 0 Å². The zero-order chi connectivity index (χ0) is 13.0. The lowest BCUT2D eigenvalue weighted by Crippen LogP contribution is -2.14. The molecule has 6 heteroatoms. The molecular weight excluding hydrogens is 234 g/mol. The highest BCUT2D eigenvalue weighted by Gasteiger charge is 2.08. The van der Waals surface area contributed by atoms with Crippen molar-refractivity contribution < 1.29 is 14.4 Å². The van der Waals surface area contributed by atoms with Gasteiger partial charge in [-0.25, -0.2) is 4.98 Å². The molecule has 6 nitrogen and oxygen atoms in total. The molecule has 94 valence electrons. The minimum Gasteiger partial charge on any atom is -0.497 e. The Balaban J connectivity index is 2.18. The Morgan fingerprint density at radius 1 is 1.44 bits per heavy atom. The summed E-state index contributed by atoms with van der Waals surface area (Å²) < 4.78 is 10.4. The van der Waals surface area contributed by atoms with Crippen LogP contribution < -0.4 is 10.5 Å². The van der Waals surface area contributed by atoms with Gasteiger partial charge in [-0.3, -0.25) is 0 Å². The molecule has 2 rings (SSSR count). The predicted octanol–water partition coefficient (Wildman–Crippen LogP) is 1.64. The molecule has 0 aliphatic rings. The Morgan fingerprint density at radius 3 is 2.78 bits per heavy atom. The third-order valence-electron chi connectivity index (χ3n) is 2.38. The fourth-order valence-electron chi connectivity index (χ4n) is 1.48. The van der Waals surface area contributed by atoms with Crippen LogP contribution in [0.25, 0.3) is 11.5 Å². The smallest absolute Gasteiger partial charge is 0.226 e. The van der Waals surface area contributed by atoms with Crippen molar-refractivity contribution in [2.45, 2.75) is 6.42 Å². The van der Waals surface area contributed by atoms with Crippen LogP contribution in [0.15, 0.2) is 40.1 Å². The van der Waals surface area contributed by atoms with Crippen LogP contribution in [0, 0.1) is 0 Å². The van der Waals surface area contributed by atoms with E-state index in [1.165, 1.54) is 6.26 Å². The molecule has 0 unspecified atom stereocenters. The molecule has 0 amide bonds. The maximum Gasteiger partial charge on any atom is 0.226 e. The number of amidine groups is 1. The van der Waals surface area contributed by atoms with Crippen molar-refractivity contribution in [2.24, 2.45) is 10.9 Å². The van der Waals surface area contributed by atoms with E-state index in [1.807, 2.05) is 24.3 Å². The zero-order valence-corrected chi connectivity index (χ0v) is 9.83. The van der Waals surface area contributed by atoms with Crippen LogP contribution in [-0.4, -0.2) is 23.1 Å². The minimum absolute atomic E-state index is 0.0876. The van der Waals surface area contributed by atoms with Crippen LogP contribution in [0.5, 0.6) is 5.75 Å². The van der Waals surface area contributed by atoms with E-state index in [0.29, 0.717) is 11.6 Å². The van der Waals surface area contributed by atoms with Crippen LogP contribution in [-0.2, 0) is 6.42 Å². The maximum atomic E-state index is 8.47. The number of aromatic nitrogens is 1. The number of rotatable bonds is 4. The molecule has 3 N–H and O–H groups in total. The van der Waals surface area contributed by atoms with Gasteiger partial charge in [-0.1, -0.05) is 5.16 Å². The summed E-state index contributed by atoms with van der Waals surface area (Å²) in [6, 6.07) is 7.33. The molecular formula is C12H13N3O3. The van der Waals surface area contributed by atoms with E-state index in [2.05, 4.69) is 10.1 Å². The van der Waals surface area contributed by atoms with Crippen molar-refractivity contribution in [3.63, 3.8) is 0 Å². The lowest BCUT2D eigenvalue weighted by Gasteiger charge is -1.99. The fourth-order valence-corrected chi connectivity index (χ4v) is 1.48. The van der Waals surface area contributed by atoms with Crippen LogP contribution in [0.4, 0.5) is 0 Å². The number of nitrogens with two attached hydrogens (primary N) is 1. The Labute approximate surface area is 104 Å². The summed E-state index contributed by atoms with van der Waals surface area (Å²) in [6.45, 7) is 0. The number of ether oxygens (including phenoxy) is 1. The molecule has 1 heterocycles. The summed E-state index contributed by atoms with van der Waals surface area (Å²) in [5.74, 6) is 1.34. The molecule has 2 aromatic rings. The summed E-state index contributed by atoms with van der Waals surface area (Å²) in [5.41, 5.74) is 6.83. The summed E-state index contributed by atoms with van der Waals surface area (Å²) >= 11 is 0. The van der Waals surface area contributed by atoms with Crippen LogP contribution in [0.3, 0.4) is 0 Å². The van der Waals surface area contributed by atoms with Gasteiger partial charge in [0, 0.05) is 5.56 Å². The number of hydrogen-bond acceptors (Lipinski definition) is 5. The molecule has 0 bridgehead atoms. The summed E-state index contributed by atoms with van der Waals surface area (Å²) in [4.78, 5) is 4.24. The molecule has 0 saturated heterocycles. The summed E-state index contributed by atoms with van der Waals surface area (Å²) in [5, 5.41) is 11.4. The molecule has 0 saturated carbocycles. The van der Waals surface area contributed by atoms with Gasteiger partial charge in [0.2, 0.25) is 5.89 Å². The van der Waals surface area contributed by atoms with Gasteiger partial charge in [-0.2, -0.15) is 0 Å². The standard InChI is InChI=1S/C12H13N3O3/c1-17-10-4-2-8(3-5-10)12-14-9(7-18-12)6-11(13)15-16/h2-5,7,16H,6H2,1H3,(H2,13,15). The summed E-state index contributed by atoms with van der Waals surface area (Å²) in [7, 11) is 1.61. The first-order valence-electron chi connectivity index (χ1n) is 5.28. The van der Waals surface area contributed by atoms with E-state index < -0.39 is 0 Å². The first-order chi connectivity index (χ1) is 8.72. The first kappa shape index (κ1) is 12.0. The van der Waals surface area contributed by atoms with E-state index in [9.17, 15) is 0 Å². The average molecular weight is 247 g/mol. The lowest BCUT2D eigenvalue weighted by molar-refractivity contribution is 0.317. The molecule has 0 aliphatic carbocycles. The van der Waals surface area contributed by atoms with E-state index in [-0.39, 0.29) is 12.3 Å². The topological polar surface area (TPSA) is 93.9 Å². The quantitative estimate of drug-likeness (QED) is 0.370. The van der Waals surface area contributed by atoms with Gasteiger partial charge >= 0.3 is 0 Å². The summed E-state index contributed by atoms with van der Waals surface area (Å²) in [6.07, 6.45) is 1.73. The zero-order valence-electron chi connectivity index (χ0n) is 9.83. The second-order valence-electron chi connectivity index (χ2n) is 3.64. The van der Waals surface area contributed by atoms with E-state index >= 15 is 0 Å². The monoisotopic (exact) mass is 247 g/mol. The minimum atomic E-state index is 0.0876. The highest BCUT2D eigenvalue weighted by molar-refractivity contribution is 5.81. The van der Waals surface area contributed by atoms with Crippen molar-refractivity contribution in [3.8, 4) is 17.2 Å². The molecule has 0 aliphatic heterocycles. The third-order valence-corrected chi connectivity index (χ3v) is 2.38. The van der Waals surface area contributed by atoms with Crippen molar-refractivity contribution >= 4 is 5.84 Å². The number of benzene rings is 1. The Bertz CT molecular complexity index is 546. The Hall–Kier alpha value is -2.50. The molecule has 0 spiro atoms. The largest absolute Gasteiger partial charge is 0.497 e. The number of oxazole rings is 1. The lowest BCUT2D eigenvalue weighted by atomic mass is 10.2. The second-order valence-corrected chi connectivity index (χ2v) is 3.64. The molecule has 18 heavy (non-hydrogen) atoms. The highest BCUT2D eigenvalue weighted by Crippen LogP contribution is 2.21. The van der Waals surface area contributed by atoms with Crippen molar-refractivity contribution in [3.05, 3.63) is 36.2 Å². The SMILES string of the molecule is COc1ccc(-c2nc(C/C(N)=N/O)co2)cc1. The number of oxime groups is 1. The van der Waals surface area contributed by atoms with Gasteiger partial charge in [0.05, 0.1) is 19.2 Å². The van der Waals surface area contributed by atoms with E-state index in [1.54, 1.807) is 7.11 Å². The van der Waals surface area contributed by atoms with Gasteiger partial charge in [-0.05, 0) is 24.3 Å². The molecule has 0 radical (unpaired) electrons. The van der Waals surface area contributed by atoms with Crippen LogP contribution in [0.2, 0.25) is 0 Å². The molecule has 1 aromatic carbocycles. The normalized spacial score (nSPS) is 11.5. The number of methoxy groups -OCH3 is 1. The third kappa shape index (κ3) is 2.60. The van der Waals surface area contributed by atoms with Crippen molar-refractivity contribution in [2.75, 3.05) is 7.11 Å². The fraction of sp³-hybridized carbons (Fsp3) is 0.167. The maximum absolute atomic E-state index is 8.47. The van der Waals surface area contributed by atoms with Gasteiger partial charge in [0.25, 0.3) is 0 Å². The second kappa shape index (κ2) is 5.22. The van der Waals surface area contributed by atoms with E-state index in [4.69, 9.17) is 20.1 Å². The van der Waals surface area contributed by atoms with Gasteiger partial charge in [0.15, 0.2) is 0 Å². The Morgan fingerprint density at radius 2 is 2.17 bits per heavy atom. The first-order valence-corrected chi connectivity index (χ1v) is 5.28. The van der Waals surface area contributed by atoms with Crippen LogP contribution in [0.1, 0.15) is 5.69 Å². The van der Waals surface area contributed by atoms with E-state index in [0.717, 1.165) is 11.3 Å².